The summed E-state index contributed by atoms with van der Waals surface area (Å²) in [5.41, 5.74) is 0.966. The van der Waals surface area contributed by atoms with E-state index in [1.54, 1.807) is 45.2 Å². The molecular weight excluding hydrogens is 338 g/mol. The molecule has 0 fully saturated rings. The van der Waals surface area contributed by atoms with E-state index >= 15 is 0 Å². The highest BCUT2D eigenvalue weighted by Crippen LogP contribution is 2.34. The van der Waals surface area contributed by atoms with Crippen molar-refractivity contribution in [1.82, 2.24) is 5.16 Å². The lowest BCUT2D eigenvalue weighted by Crippen LogP contribution is -2.42. The van der Waals surface area contributed by atoms with Crippen LogP contribution in [0.25, 0.3) is 0 Å². The molecule has 1 unspecified atom stereocenters. The number of nitrogens with one attached hydrogen (secondary N) is 1. The van der Waals surface area contributed by atoms with Gasteiger partial charge in [0.2, 0.25) is 5.91 Å². The molecule has 0 aliphatic carbocycles. The number of aromatic nitrogens is 1. The molecule has 8 heteroatoms. The molecule has 1 aromatic heterocycles. The molecule has 3 rings (SSSR count). The van der Waals surface area contributed by atoms with Crippen LogP contribution >= 0.6 is 0 Å². The van der Waals surface area contributed by atoms with Crippen molar-refractivity contribution in [2.24, 2.45) is 0 Å². The molecule has 1 aromatic carbocycles. The normalized spacial score (nSPS) is 16.0. The standard InChI is InChI=1S/C18H19N3O5/c1-10-8-16(20-26-10)19-17(23)7-5-14(22)12-4-6-15-13(9-12)21(3)18(24)11(2)25-15/h4,6,8-9,11H,5,7H2,1-3H3,(H,19,20,23). The number of likely N-dealkylation sites (N-methyl/N-ethyl adjacent to an activating group) is 1. The van der Waals surface area contributed by atoms with Gasteiger partial charge in [0.05, 0.1) is 5.69 Å². The molecule has 1 atom stereocenters. The number of carbonyl (C=O) groups is 3. The molecule has 0 saturated carbocycles. The summed E-state index contributed by atoms with van der Waals surface area (Å²) >= 11 is 0. The number of benzene rings is 1. The summed E-state index contributed by atoms with van der Waals surface area (Å²) in [6.07, 6.45) is -0.501. The van der Waals surface area contributed by atoms with Gasteiger partial charge in [-0.3, -0.25) is 14.4 Å². The number of fused-ring (bicyclic) bond motifs is 1. The lowest BCUT2D eigenvalue weighted by Gasteiger charge is -2.30. The molecule has 1 aliphatic rings. The third-order valence-electron chi connectivity index (χ3n) is 4.10. The van der Waals surface area contributed by atoms with Crippen molar-refractivity contribution in [2.75, 3.05) is 17.3 Å². The van der Waals surface area contributed by atoms with Crippen molar-refractivity contribution >= 4 is 29.1 Å². The highest BCUT2D eigenvalue weighted by atomic mass is 16.5. The SMILES string of the molecule is Cc1cc(NC(=O)CCC(=O)c2ccc3c(c2)N(C)C(=O)C(C)O3)no1. The lowest BCUT2D eigenvalue weighted by atomic mass is 10.0. The first-order chi connectivity index (χ1) is 12.3. The molecule has 1 N–H and O–H groups in total. The molecule has 0 spiro atoms. The van der Waals surface area contributed by atoms with Crippen LogP contribution in [-0.4, -0.2) is 35.9 Å². The number of nitrogens with zero attached hydrogens (tertiary/aromatic N) is 2. The fourth-order valence-electron chi connectivity index (χ4n) is 2.69. The van der Waals surface area contributed by atoms with Gasteiger partial charge in [-0.05, 0) is 32.0 Å². The lowest BCUT2D eigenvalue weighted by molar-refractivity contribution is -0.125. The second-order valence-corrected chi connectivity index (χ2v) is 6.13. The topological polar surface area (TPSA) is 102 Å². The van der Waals surface area contributed by atoms with E-state index in [1.807, 2.05) is 0 Å². The third-order valence-corrected chi connectivity index (χ3v) is 4.10. The van der Waals surface area contributed by atoms with Crippen LogP contribution in [0.1, 0.15) is 35.9 Å². The van der Waals surface area contributed by atoms with E-state index in [4.69, 9.17) is 9.26 Å². The maximum absolute atomic E-state index is 12.4. The maximum atomic E-state index is 12.4. The molecular formula is C18H19N3O5. The zero-order chi connectivity index (χ0) is 18.8. The highest BCUT2D eigenvalue weighted by molar-refractivity contribution is 6.03. The summed E-state index contributed by atoms with van der Waals surface area (Å²) in [5.74, 6) is 0.758. The summed E-state index contributed by atoms with van der Waals surface area (Å²) in [4.78, 5) is 37.8. The van der Waals surface area contributed by atoms with Gasteiger partial charge in [0, 0.05) is 31.5 Å². The van der Waals surface area contributed by atoms with E-state index in [9.17, 15) is 14.4 Å². The van der Waals surface area contributed by atoms with Gasteiger partial charge in [-0.1, -0.05) is 5.16 Å². The van der Waals surface area contributed by atoms with Crippen molar-refractivity contribution in [3.63, 3.8) is 0 Å². The van der Waals surface area contributed by atoms with Crippen molar-refractivity contribution in [1.29, 1.82) is 0 Å². The first-order valence-corrected chi connectivity index (χ1v) is 8.20. The number of carbonyl (C=O) groups excluding carboxylic acids is 3. The predicted molar refractivity (Wildman–Crippen MR) is 93.4 cm³/mol. The predicted octanol–water partition coefficient (Wildman–Crippen LogP) is 2.33. The van der Waals surface area contributed by atoms with Gasteiger partial charge in [0.15, 0.2) is 17.7 Å². The van der Waals surface area contributed by atoms with Gasteiger partial charge in [-0.2, -0.15) is 0 Å². The molecule has 0 bridgehead atoms. The van der Waals surface area contributed by atoms with Gasteiger partial charge in [-0.15, -0.1) is 0 Å². The Bertz CT molecular complexity index is 873. The van der Waals surface area contributed by atoms with Crippen LogP contribution in [0, 0.1) is 6.92 Å². The van der Waals surface area contributed by atoms with Crippen molar-refractivity contribution in [3.8, 4) is 5.75 Å². The number of aryl methyl sites for hydroxylation is 1. The molecule has 8 nitrogen and oxygen atoms in total. The minimum Gasteiger partial charge on any atom is -0.479 e. The summed E-state index contributed by atoms with van der Waals surface area (Å²) < 4.78 is 10.4. The Balaban J connectivity index is 1.63. The first-order valence-electron chi connectivity index (χ1n) is 8.20. The van der Waals surface area contributed by atoms with E-state index in [-0.39, 0.29) is 30.4 Å². The number of rotatable bonds is 5. The minimum absolute atomic E-state index is 0.0180. The number of anilines is 2. The van der Waals surface area contributed by atoms with Crippen molar-refractivity contribution in [2.45, 2.75) is 32.8 Å². The van der Waals surface area contributed by atoms with E-state index in [1.165, 1.54) is 4.90 Å². The van der Waals surface area contributed by atoms with Crippen LogP contribution in [0.2, 0.25) is 0 Å². The second-order valence-electron chi connectivity index (χ2n) is 6.13. The number of ketones is 1. The van der Waals surface area contributed by atoms with Crippen LogP contribution in [-0.2, 0) is 9.59 Å². The van der Waals surface area contributed by atoms with Gasteiger partial charge < -0.3 is 19.5 Å². The number of hydrogen-bond donors (Lipinski definition) is 1. The fraction of sp³-hybridized carbons (Fsp3) is 0.333. The van der Waals surface area contributed by atoms with Gasteiger partial charge in [-0.25, -0.2) is 0 Å². The molecule has 136 valence electrons. The van der Waals surface area contributed by atoms with Gasteiger partial charge in [0.1, 0.15) is 11.5 Å². The smallest absolute Gasteiger partial charge is 0.267 e. The maximum Gasteiger partial charge on any atom is 0.267 e. The molecule has 2 amide bonds. The fourth-order valence-corrected chi connectivity index (χ4v) is 2.69. The number of amides is 2. The molecule has 2 aromatic rings. The first kappa shape index (κ1) is 17.7. The Morgan fingerprint density at radius 1 is 1.27 bits per heavy atom. The quantitative estimate of drug-likeness (QED) is 0.824. The Labute approximate surface area is 150 Å². The van der Waals surface area contributed by atoms with Crippen molar-refractivity contribution in [3.05, 3.63) is 35.6 Å². The van der Waals surface area contributed by atoms with Crippen LogP contribution in [0.4, 0.5) is 11.5 Å². The van der Waals surface area contributed by atoms with Crippen molar-refractivity contribution < 1.29 is 23.6 Å². The summed E-state index contributed by atoms with van der Waals surface area (Å²) in [6.45, 7) is 3.39. The minimum atomic E-state index is -0.557. The van der Waals surface area contributed by atoms with E-state index in [0.29, 0.717) is 28.6 Å². The molecule has 26 heavy (non-hydrogen) atoms. The van der Waals surface area contributed by atoms with E-state index in [2.05, 4.69) is 10.5 Å². The van der Waals surface area contributed by atoms with Crippen LogP contribution in [0.15, 0.2) is 28.8 Å². The van der Waals surface area contributed by atoms with Crippen LogP contribution in [0.5, 0.6) is 5.75 Å². The van der Waals surface area contributed by atoms with E-state index in [0.717, 1.165) is 0 Å². The number of ether oxygens (including phenoxy) is 1. The summed E-state index contributed by atoms with van der Waals surface area (Å²) in [7, 11) is 1.64. The average molecular weight is 357 g/mol. The number of Topliss-reactive ketones (excluding diaryl/α,β-unsaturated/α-hetero) is 1. The monoisotopic (exact) mass is 357 g/mol. The largest absolute Gasteiger partial charge is 0.479 e. The zero-order valence-corrected chi connectivity index (χ0v) is 14.7. The molecule has 1 aliphatic heterocycles. The zero-order valence-electron chi connectivity index (χ0n) is 14.7. The van der Waals surface area contributed by atoms with Gasteiger partial charge >= 0.3 is 0 Å². The molecule has 0 radical (unpaired) electrons. The summed E-state index contributed by atoms with van der Waals surface area (Å²) in [6, 6.07) is 6.51. The summed E-state index contributed by atoms with van der Waals surface area (Å²) in [5, 5.41) is 6.24. The highest BCUT2D eigenvalue weighted by Gasteiger charge is 2.29. The third kappa shape index (κ3) is 3.58. The number of hydrogen-bond acceptors (Lipinski definition) is 6. The Kier molecular flexibility index (Phi) is 4.75. The Hall–Kier alpha value is -3.16. The van der Waals surface area contributed by atoms with E-state index < -0.39 is 6.10 Å². The molecule has 0 saturated heterocycles. The second kappa shape index (κ2) is 6.99. The average Bonchev–Trinajstić information content (AvgIpc) is 3.02. The Morgan fingerprint density at radius 3 is 2.73 bits per heavy atom. The van der Waals surface area contributed by atoms with Gasteiger partial charge in [0.25, 0.3) is 5.91 Å². The molecule has 2 heterocycles. The van der Waals surface area contributed by atoms with Crippen LogP contribution < -0.4 is 15.0 Å². The Morgan fingerprint density at radius 2 is 2.04 bits per heavy atom. The van der Waals surface area contributed by atoms with Crippen LogP contribution in [0.3, 0.4) is 0 Å².